The van der Waals surface area contributed by atoms with E-state index >= 15 is 0 Å². The van der Waals surface area contributed by atoms with Crippen LogP contribution in [0.1, 0.15) is 53.4 Å². The van der Waals surface area contributed by atoms with Crippen molar-refractivity contribution in [3.05, 3.63) is 11.6 Å². The van der Waals surface area contributed by atoms with Gasteiger partial charge in [0.05, 0.1) is 0 Å². The third kappa shape index (κ3) is 3.62. The van der Waals surface area contributed by atoms with Gasteiger partial charge in [0.15, 0.2) is 0 Å². The van der Waals surface area contributed by atoms with Gasteiger partial charge in [0.25, 0.3) is 0 Å². The van der Waals surface area contributed by atoms with E-state index in [9.17, 15) is 4.39 Å². The largest absolute Gasteiger partial charge is 0.247 e. The van der Waals surface area contributed by atoms with Crippen molar-refractivity contribution in [1.29, 1.82) is 0 Å². The Hall–Kier alpha value is -0.330. The van der Waals surface area contributed by atoms with E-state index in [4.69, 9.17) is 0 Å². The van der Waals surface area contributed by atoms with Gasteiger partial charge < -0.3 is 0 Å². The molecule has 0 bridgehead atoms. The van der Waals surface area contributed by atoms with E-state index in [0.717, 1.165) is 25.7 Å². The van der Waals surface area contributed by atoms with E-state index in [-0.39, 0.29) is 5.92 Å². The highest BCUT2D eigenvalue weighted by molar-refractivity contribution is 5.03. The monoisotopic (exact) mass is 212 g/mol. The van der Waals surface area contributed by atoms with Crippen LogP contribution in [0, 0.1) is 17.8 Å². The molecule has 0 nitrogen and oxygen atoms in total. The zero-order valence-corrected chi connectivity index (χ0v) is 10.6. The molecule has 1 saturated carbocycles. The van der Waals surface area contributed by atoms with E-state index < -0.39 is 6.17 Å². The van der Waals surface area contributed by atoms with Crippen molar-refractivity contribution in [2.75, 3.05) is 0 Å². The van der Waals surface area contributed by atoms with Crippen LogP contribution >= 0.6 is 0 Å². The minimum atomic E-state index is -0.612. The summed E-state index contributed by atoms with van der Waals surface area (Å²) in [5.41, 5.74) is 1.34. The number of hydrogen-bond donors (Lipinski definition) is 0. The van der Waals surface area contributed by atoms with Crippen molar-refractivity contribution in [2.24, 2.45) is 17.8 Å². The second-order valence-electron chi connectivity index (χ2n) is 5.31. The Morgan fingerprint density at radius 1 is 1.27 bits per heavy atom. The Morgan fingerprint density at radius 2 is 1.93 bits per heavy atom. The molecule has 1 aliphatic carbocycles. The first-order chi connectivity index (χ1) is 7.04. The number of rotatable bonds is 2. The second kappa shape index (κ2) is 5.67. The van der Waals surface area contributed by atoms with E-state index in [1.807, 2.05) is 0 Å². The van der Waals surface area contributed by atoms with Gasteiger partial charge in [-0.15, -0.1) is 0 Å². The summed E-state index contributed by atoms with van der Waals surface area (Å²) in [7, 11) is 0. The third-order valence-corrected chi connectivity index (χ3v) is 4.03. The Morgan fingerprint density at radius 3 is 2.53 bits per heavy atom. The topological polar surface area (TPSA) is 0 Å². The van der Waals surface area contributed by atoms with Gasteiger partial charge in [-0.1, -0.05) is 32.4 Å². The normalized spacial score (nSPS) is 38.9. The molecule has 1 heteroatoms. The molecule has 15 heavy (non-hydrogen) atoms. The minimum absolute atomic E-state index is 0.171. The van der Waals surface area contributed by atoms with Gasteiger partial charge in [-0.25, -0.2) is 4.39 Å². The molecule has 0 aromatic carbocycles. The van der Waals surface area contributed by atoms with Gasteiger partial charge >= 0.3 is 0 Å². The highest BCUT2D eigenvalue weighted by atomic mass is 19.1. The van der Waals surface area contributed by atoms with Crippen molar-refractivity contribution in [3.63, 3.8) is 0 Å². The molecule has 0 aromatic rings. The maximum absolute atomic E-state index is 13.9. The maximum Gasteiger partial charge on any atom is 0.106 e. The van der Waals surface area contributed by atoms with Crippen molar-refractivity contribution >= 4 is 0 Å². The number of halogens is 1. The van der Waals surface area contributed by atoms with Crippen molar-refractivity contribution in [1.82, 2.24) is 0 Å². The van der Waals surface area contributed by atoms with E-state index in [0.29, 0.717) is 11.8 Å². The molecule has 0 heterocycles. The SMILES string of the molecule is CCC(C)=CC1CC(C)C(C)CCC1F. The van der Waals surface area contributed by atoms with Crippen molar-refractivity contribution < 1.29 is 4.39 Å². The van der Waals surface area contributed by atoms with Crippen molar-refractivity contribution in [3.8, 4) is 0 Å². The lowest BCUT2D eigenvalue weighted by Crippen LogP contribution is -2.14. The zero-order chi connectivity index (χ0) is 11.4. The molecule has 0 saturated heterocycles. The minimum Gasteiger partial charge on any atom is -0.247 e. The quantitative estimate of drug-likeness (QED) is 0.457. The molecule has 88 valence electrons. The van der Waals surface area contributed by atoms with E-state index in [2.05, 4.69) is 33.8 Å². The molecule has 4 atom stereocenters. The standard InChI is InChI=1S/C14H25F/c1-5-10(2)8-13-9-12(4)11(3)6-7-14(13)15/h8,11-14H,5-7,9H2,1-4H3. The summed E-state index contributed by atoms with van der Waals surface area (Å²) in [5, 5.41) is 0. The lowest BCUT2D eigenvalue weighted by molar-refractivity contribution is 0.242. The van der Waals surface area contributed by atoms with Gasteiger partial charge in [0.2, 0.25) is 0 Å². The summed E-state index contributed by atoms with van der Waals surface area (Å²) in [5.74, 6) is 1.52. The third-order valence-electron chi connectivity index (χ3n) is 4.03. The zero-order valence-electron chi connectivity index (χ0n) is 10.6. The fraction of sp³-hybridized carbons (Fsp3) is 0.857. The summed E-state index contributed by atoms with van der Waals surface area (Å²) in [4.78, 5) is 0. The average Bonchev–Trinajstić information content (AvgIpc) is 2.33. The van der Waals surface area contributed by atoms with Crippen LogP contribution in [0.3, 0.4) is 0 Å². The fourth-order valence-corrected chi connectivity index (χ4v) is 2.39. The Balaban J connectivity index is 2.69. The van der Waals surface area contributed by atoms with Gasteiger partial charge in [0, 0.05) is 5.92 Å². The summed E-state index contributed by atoms with van der Waals surface area (Å²) in [6, 6.07) is 0. The first-order valence-corrected chi connectivity index (χ1v) is 6.36. The average molecular weight is 212 g/mol. The molecule has 4 unspecified atom stereocenters. The molecule has 0 amide bonds. The van der Waals surface area contributed by atoms with Crippen LogP contribution in [0.2, 0.25) is 0 Å². The molecule has 1 rings (SSSR count). The molecular formula is C14H25F. The first kappa shape index (κ1) is 12.7. The Labute approximate surface area is 94.0 Å². The molecular weight excluding hydrogens is 187 g/mol. The highest BCUT2D eigenvalue weighted by Crippen LogP contribution is 2.34. The molecule has 0 spiro atoms. The molecule has 0 N–H and O–H groups in total. The van der Waals surface area contributed by atoms with E-state index in [1.54, 1.807) is 0 Å². The van der Waals surface area contributed by atoms with Crippen LogP contribution < -0.4 is 0 Å². The number of allylic oxidation sites excluding steroid dienone is 2. The van der Waals surface area contributed by atoms with Crippen LogP contribution in [0.25, 0.3) is 0 Å². The lowest BCUT2D eigenvalue weighted by atomic mass is 9.87. The van der Waals surface area contributed by atoms with Crippen LogP contribution in [0.4, 0.5) is 4.39 Å². The van der Waals surface area contributed by atoms with Gasteiger partial charge in [-0.05, 0) is 44.4 Å². The van der Waals surface area contributed by atoms with Crippen LogP contribution in [0.15, 0.2) is 11.6 Å². The molecule has 0 aliphatic heterocycles. The molecule has 0 aromatic heterocycles. The Kier molecular flexibility index (Phi) is 4.82. The summed E-state index contributed by atoms with van der Waals surface area (Å²) >= 11 is 0. The first-order valence-electron chi connectivity index (χ1n) is 6.36. The summed E-state index contributed by atoms with van der Waals surface area (Å²) in [6.45, 7) is 8.79. The fourth-order valence-electron chi connectivity index (χ4n) is 2.39. The van der Waals surface area contributed by atoms with Gasteiger partial charge in [-0.3, -0.25) is 0 Å². The second-order valence-corrected chi connectivity index (χ2v) is 5.31. The van der Waals surface area contributed by atoms with Gasteiger partial charge in [0.1, 0.15) is 6.17 Å². The summed E-state index contributed by atoms with van der Waals surface area (Å²) in [6.07, 6.45) is 5.45. The smallest absolute Gasteiger partial charge is 0.106 e. The predicted molar refractivity (Wildman–Crippen MR) is 64.6 cm³/mol. The van der Waals surface area contributed by atoms with Crippen molar-refractivity contribution in [2.45, 2.75) is 59.5 Å². The predicted octanol–water partition coefficient (Wildman–Crippen LogP) is 4.75. The summed E-state index contributed by atoms with van der Waals surface area (Å²) < 4.78 is 13.9. The molecule has 0 radical (unpaired) electrons. The molecule has 1 aliphatic rings. The lowest BCUT2D eigenvalue weighted by Gasteiger charge is -2.19. The molecule has 1 fully saturated rings. The number of alkyl halides is 1. The van der Waals surface area contributed by atoms with Gasteiger partial charge in [-0.2, -0.15) is 0 Å². The van der Waals surface area contributed by atoms with Crippen LogP contribution in [-0.4, -0.2) is 6.17 Å². The van der Waals surface area contributed by atoms with E-state index in [1.165, 1.54) is 5.57 Å². The number of hydrogen-bond acceptors (Lipinski definition) is 0. The maximum atomic E-state index is 13.9. The van der Waals surface area contributed by atoms with Crippen LogP contribution in [-0.2, 0) is 0 Å². The Bertz CT molecular complexity index is 219. The van der Waals surface area contributed by atoms with Crippen LogP contribution in [0.5, 0.6) is 0 Å². The highest BCUT2D eigenvalue weighted by Gasteiger charge is 2.28.